The minimum atomic E-state index is -0.449. The third-order valence-corrected chi connectivity index (χ3v) is 3.50. The van der Waals surface area contributed by atoms with Gasteiger partial charge < -0.3 is 5.11 Å². The van der Waals surface area contributed by atoms with Crippen molar-refractivity contribution in [2.75, 3.05) is 6.61 Å². The number of carbonyl (C=O) groups excluding carboxylic acids is 1. The van der Waals surface area contributed by atoms with Crippen molar-refractivity contribution < 1.29 is 9.90 Å². The van der Waals surface area contributed by atoms with E-state index in [0.29, 0.717) is 9.10 Å². The van der Waals surface area contributed by atoms with Gasteiger partial charge in [-0.3, -0.25) is 4.79 Å². The average molecular weight is 202 g/mol. The summed E-state index contributed by atoms with van der Waals surface area (Å²) < 4.78 is 0.596. The number of thioether (sulfide) groups is 1. The number of Topliss-reactive ketones (excluding diaryl/α,β-unsaturated/α-hetero) is 1. The lowest BCUT2D eigenvalue weighted by molar-refractivity contribution is -0.117. The van der Waals surface area contributed by atoms with Crippen LogP contribution < -0.4 is 0 Å². The van der Waals surface area contributed by atoms with Crippen molar-refractivity contribution in [2.24, 2.45) is 5.92 Å². The van der Waals surface area contributed by atoms with E-state index in [1.54, 1.807) is 0 Å². The van der Waals surface area contributed by atoms with Crippen molar-refractivity contribution in [1.82, 2.24) is 0 Å². The number of carbonyl (C=O) groups is 1. The van der Waals surface area contributed by atoms with E-state index in [4.69, 9.17) is 17.3 Å². The molecule has 0 amide bonds. The Hall–Kier alpha value is -0.190. The summed E-state index contributed by atoms with van der Waals surface area (Å²) >= 11 is 6.28. The molecule has 0 bridgehead atoms. The smallest absolute Gasteiger partial charge is 0.180 e. The van der Waals surface area contributed by atoms with Gasteiger partial charge in [0, 0.05) is 0 Å². The molecule has 1 atom stereocenters. The zero-order valence-electron chi connectivity index (χ0n) is 6.96. The average Bonchev–Trinajstić information content (AvgIpc) is 2.27. The van der Waals surface area contributed by atoms with E-state index in [1.165, 1.54) is 11.8 Å². The Morgan fingerprint density at radius 2 is 2.25 bits per heavy atom. The first-order valence-corrected chi connectivity index (χ1v) is 4.84. The molecule has 1 aliphatic rings. The maximum absolute atomic E-state index is 11.5. The van der Waals surface area contributed by atoms with E-state index in [2.05, 4.69) is 0 Å². The highest BCUT2D eigenvalue weighted by Crippen LogP contribution is 2.36. The molecule has 1 saturated heterocycles. The van der Waals surface area contributed by atoms with Crippen molar-refractivity contribution in [3.05, 3.63) is 10.5 Å². The number of hydrogen-bond acceptors (Lipinski definition) is 4. The number of allylic oxidation sites excluding steroid dienone is 2. The number of aliphatic hydroxyl groups excluding tert-OH is 1. The van der Waals surface area contributed by atoms with Crippen LogP contribution in [0.4, 0.5) is 0 Å². The highest BCUT2D eigenvalue weighted by Gasteiger charge is 2.34. The van der Waals surface area contributed by atoms with Crippen LogP contribution in [0, 0.1) is 5.92 Å². The van der Waals surface area contributed by atoms with E-state index in [0.717, 1.165) is 5.57 Å². The summed E-state index contributed by atoms with van der Waals surface area (Å²) in [6.45, 7) is 3.59. The van der Waals surface area contributed by atoms with Gasteiger partial charge in [0.15, 0.2) is 5.78 Å². The Kier molecular flexibility index (Phi) is 3.04. The van der Waals surface area contributed by atoms with Crippen LogP contribution in [0.2, 0.25) is 0 Å². The maximum Gasteiger partial charge on any atom is 0.180 e. The molecule has 0 spiro atoms. The number of hydrogen-bond donors (Lipinski definition) is 1. The largest absolute Gasteiger partial charge is 0.395 e. The Labute approximate surface area is 81.0 Å². The molecule has 12 heavy (non-hydrogen) atoms. The summed E-state index contributed by atoms with van der Waals surface area (Å²) in [5.74, 6) is -0.470. The van der Waals surface area contributed by atoms with Crippen molar-refractivity contribution in [2.45, 2.75) is 13.8 Å². The molecule has 0 aromatic rings. The second kappa shape index (κ2) is 3.68. The molecule has 1 aliphatic heterocycles. The van der Waals surface area contributed by atoms with E-state index >= 15 is 0 Å². The monoisotopic (exact) mass is 202 g/mol. The Morgan fingerprint density at radius 3 is 2.50 bits per heavy atom. The first kappa shape index (κ1) is 9.89. The molecule has 0 saturated carbocycles. The van der Waals surface area contributed by atoms with Crippen LogP contribution >= 0.6 is 24.0 Å². The lowest BCUT2D eigenvalue weighted by atomic mass is 10.1. The van der Waals surface area contributed by atoms with Crippen molar-refractivity contribution in [3.8, 4) is 0 Å². The quantitative estimate of drug-likeness (QED) is 0.517. The minimum Gasteiger partial charge on any atom is -0.395 e. The van der Waals surface area contributed by atoms with E-state index in [9.17, 15) is 4.79 Å². The minimum absolute atomic E-state index is 0.0208. The van der Waals surface area contributed by atoms with Crippen LogP contribution in [0.25, 0.3) is 0 Å². The predicted octanol–water partition coefficient (Wildman–Crippen LogP) is 1.53. The number of rotatable bonds is 1. The van der Waals surface area contributed by atoms with Gasteiger partial charge >= 0.3 is 0 Å². The molecular weight excluding hydrogens is 192 g/mol. The summed E-state index contributed by atoms with van der Waals surface area (Å²) in [6.07, 6.45) is 0. The molecule has 1 heterocycles. The molecule has 1 N–H and O–H groups in total. The molecule has 2 nitrogen and oxygen atoms in total. The van der Waals surface area contributed by atoms with Gasteiger partial charge in [-0.2, -0.15) is 0 Å². The van der Waals surface area contributed by atoms with Crippen LogP contribution in [0.5, 0.6) is 0 Å². The molecule has 1 fully saturated rings. The fourth-order valence-corrected chi connectivity index (χ4v) is 2.40. The fraction of sp³-hybridized carbons (Fsp3) is 0.500. The van der Waals surface area contributed by atoms with Crippen molar-refractivity contribution in [1.29, 1.82) is 0 Å². The third-order valence-electron chi connectivity index (χ3n) is 1.66. The van der Waals surface area contributed by atoms with Gasteiger partial charge in [-0.25, -0.2) is 0 Å². The SMILES string of the molecule is CC(C)=C1SC(=S)C(CO)C1=O. The van der Waals surface area contributed by atoms with Crippen molar-refractivity contribution >= 4 is 34.0 Å². The summed E-state index contributed by atoms with van der Waals surface area (Å²) in [4.78, 5) is 12.2. The van der Waals surface area contributed by atoms with Crippen LogP contribution in [0.15, 0.2) is 10.5 Å². The third kappa shape index (κ3) is 1.60. The molecule has 66 valence electrons. The summed E-state index contributed by atoms with van der Waals surface area (Å²) in [7, 11) is 0. The van der Waals surface area contributed by atoms with Crippen LogP contribution in [0.1, 0.15) is 13.8 Å². The zero-order valence-corrected chi connectivity index (χ0v) is 8.59. The predicted molar refractivity (Wildman–Crippen MR) is 54.1 cm³/mol. The Morgan fingerprint density at radius 1 is 1.67 bits per heavy atom. The van der Waals surface area contributed by atoms with E-state index in [-0.39, 0.29) is 12.4 Å². The summed E-state index contributed by atoms with van der Waals surface area (Å²) in [5, 5.41) is 8.86. The topological polar surface area (TPSA) is 37.3 Å². The molecule has 0 aliphatic carbocycles. The van der Waals surface area contributed by atoms with Crippen LogP contribution in [0.3, 0.4) is 0 Å². The fourth-order valence-electron chi connectivity index (χ4n) is 0.993. The van der Waals surface area contributed by atoms with E-state index < -0.39 is 5.92 Å². The molecule has 1 unspecified atom stereocenters. The molecule has 0 aromatic carbocycles. The van der Waals surface area contributed by atoms with Gasteiger partial charge in [0.25, 0.3) is 0 Å². The van der Waals surface area contributed by atoms with Crippen LogP contribution in [-0.2, 0) is 4.79 Å². The summed E-state index contributed by atoms with van der Waals surface area (Å²) in [6, 6.07) is 0. The van der Waals surface area contributed by atoms with Gasteiger partial charge in [-0.05, 0) is 13.8 Å². The molecule has 0 radical (unpaired) electrons. The normalized spacial score (nSPS) is 23.6. The number of ketones is 1. The first-order chi connectivity index (χ1) is 5.57. The van der Waals surface area contributed by atoms with Crippen LogP contribution in [-0.4, -0.2) is 21.7 Å². The van der Waals surface area contributed by atoms with Gasteiger partial charge in [0.2, 0.25) is 0 Å². The molecule has 4 heteroatoms. The lowest BCUT2D eigenvalue weighted by Crippen LogP contribution is -2.17. The van der Waals surface area contributed by atoms with Gasteiger partial charge in [0.1, 0.15) is 0 Å². The van der Waals surface area contributed by atoms with Gasteiger partial charge in [0.05, 0.1) is 21.6 Å². The second-order valence-corrected chi connectivity index (χ2v) is 4.60. The Balaban J connectivity index is 2.98. The van der Waals surface area contributed by atoms with Gasteiger partial charge in [-0.15, -0.1) is 0 Å². The highest BCUT2D eigenvalue weighted by molar-refractivity contribution is 8.27. The highest BCUT2D eigenvalue weighted by atomic mass is 32.2. The number of aliphatic hydroxyl groups is 1. The lowest BCUT2D eigenvalue weighted by Gasteiger charge is -1.99. The standard InChI is InChI=1S/C8H10O2S2/c1-4(2)7-6(10)5(3-9)8(11)12-7/h5,9H,3H2,1-2H3. The molecule has 1 rings (SSSR count). The number of thiocarbonyl (C=S) groups is 1. The summed E-state index contributed by atoms with van der Waals surface area (Å²) in [5.41, 5.74) is 0.975. The second-order valence-electron chi connectivity index (χ2n) is 2.85. The van der Waals surface area contributed by atoms with Gasteiger partial charge in [-0.1, -0.05) is 29.6 Å². The maximum atomic E-state index is 11.5. The molecular formula is C8H10O2S2. The first-order valence-electron chi connectivity index (χ1n) is 3.62. The zero-order chi connectivity index (χ0) is 9.30. The molecule has 0 aromatic heterocycles. The van der Waals surface area contributed by atoms with Crippen molar-refractivity contribution in [3.63, 3.8) is 0 Å². The van der Waals surface area contributed by atoms with E-state index in [1.807, 2.05) is 13.8 Å². The Bertz CT molecular complexity index is 264.